The van der Waals surface area contributed by atoms with Gasteiger partial charge >= 0.3 is 5.97 Å². The number of hydrogen-bond acceptors (Lipinski definition) is 2. The number of carbonyl (C=O) groups is 1. The van der Waals surface area contributed by atoms with E-state index in [0.717, 1.165) is 4.47 Å². The van der Waals surface area contributed by atoms with Crippen molar-refractivity contribution in [3.63, 3.8) is 0 Å². The van der Waals surface area contributed by atoms with Crippen LogP contribution in [0.1, 0.15) is 24.3 Å². The zero-order valence-electron chi connectivity index (χ0n) is 8.74. The van der Waals surface area contributed by atoms with Crippen LogP contribution in [0, 0.1) is 0 Å². The summed E-state index contributed by atoms with van der Waals surface area (Å²) < 4.78 is 7.79. The first-order valence-electron chi connectivity index (χ1n) is 4.71. The molecule has 1 aromatic heterocycles. The van der Waals surface area contributed by atoms with Crippen LogP contribution in [0.15, 0.2) is 16.7 Å². The van der Waals surface area contributed by atoms with Crippen molar-refractivity contribution in [2.24, 2.45) is 0 Å². The Balaban J connectivity index is 2.63. The Hall–Kier alpha value is -0.810. The summed E-state index contributed by atoms with van der Waals surface area (Å²) in [6.07, 6.45) is 1.91. The Labute approximate surface area is 97.0 Å². The maximum absolute atomic E-state index is 10.8. The van der Waals surface area contributed by atoms with E-state index < -0.39 is 5.97 Å². The van der Waals surface area contributed by atoms with E-state index in [4.69, 9.17) is 9.84 Å². The molecule has 0 spiro atoms. The van der Waals surface area contributed by atoms with E-state index in [-0.39, 0.29) is 11.8 Å². The Morgan fingerprint density at radius 1 is 1.67 bits per heavy atom. The third-order valence-corrected chi connectivity index (χ3v) is 2.30. The number of aromatic carboxylic acids is 1. The topological polar surface area (TPSA) is 51.5 Å². The maximum atomic E-state index is 10.8. The van der Waals surface area contributed by atoms with Crippen LogP contribution in [0.25, 0.3) is 0 Å². The van der Waals surface area contributed by atoms with Crippen LogP contribution < -0.4 is 0 Å². The summed E-state index contributed by atoms with van der Waals surface area (Å²) in [5, 5.41) is 8.91. The van der Waals surface area contributed by atoms with Gasteiger partial charge in [0.15, 0.2) is 0 Å². The molecule has 1 heterocycles. The van der Waals surface area contributed by atoms with Gasteiger partial charge in [0.2, 0.25) is 0 Å². The molecule has 0 aliphatic heterocycles. The molecule has 84 valence electrons. The molecule has 1 aromatic rings. The van der Waals surface area contributed by atoms with Crippen LogP contribution in [0.3, 0.4) is 0 Å². The van der Waals surface area contributed by atoms with E-state index >= 15 is 0 Å². The van der Waals surface area contributed by atoms with E-state index in [9.17, 15) is 4.79 Å². The van der Waals surface area contributed by atoms with Crippen LogP contribution in [0.2, 0.25) is 0 Å². The minimum atomic E-state index is -0.926. The standard InChI is InChI=1S/C10H14BrNO3/c1-7(2)15-4-3-12-6-8(11)5-9(12)10(13)14/h5-7H,3-4H2,1-2H3,(H,13,14). The lowest BCUT2D eigenvalue weighted by Crippen LogP contribution is -2.13. The molecular formula is C10H14BrNO3. The van der Waals surface area contributed by atoms with Crippen molar-refractivity contribution < 1.29 is 14.6 Å². The number of ether oxygens (including phenoxy) is 1. The van der Waals surface area contributed by atoms with Gasteiger partial charge in [0.05, 0.1) is 12.7 Å². The zero-order chi connectivity index (χ0) is 11.4. The lowest BCUT2D eigenvalue weighted by molar-refractivity contribution is 0.0650. The number of hydrogen-bond donors (Lipinski definition) is 1. The number of carboxylic acid groups (broad SMARTS) is 1. The second kappa shape index (κ2) is 5.32. The van der Waals surface area contributed by atoms with Gasteiger partial charge in [-0.15, -0.1) is 0 Å². The van der Waals surface area contributed by atoms with Crippen molar-refractivity contribution in [2.75, 3.05) is 6.61 Å². The Morgan fingerprint density at radius 3 is 2.87 bits per heavy atom. The summed E-state index contributed by atoms with van der Waals surface area (Å²) in [7, 11) is 0. The van der Waals surface area contributed by atoms with Crippen molar-refractivity contribution in [1.29, 1.82) is 0 Å². The smallest absolute Gasteiger partial charge is 0.352 e. The van der Waals surface area contributed by atoms with Crippen molar-refractivity contribution in [2.45, 2.75) is 26.5 Å². The quantitative estimate of drug-likeness (QED) is 0.898. The van der Waals surface area contributed by atoms with Crippen LogP contribution in [-0.2, 0) is 11.3 Å². The summed E-state index contributed by atoms with van der Waals surface area (Å²) in [5.41, 5.74) is 0.272. The molecular weight excluding hydrogens is 262 g/mol. The average molecular weight is 276 g/mol. The molecule has 0 aromatic carbocycles. The number of aromatic nitrogens is 1. The highest BCUT2D eigenvalue weighted by atomic mass is 79.9. The van der Waals surface area contributed by atoms with E-state index in [1.54, 1.807) is 16.8 Å². The lowest BCUT2D eigenvalue weighted by Gasteiger charge is -2.09. The molecule has 4 nitrogen and oxygen atoms in total. The Kier molecular flexibility index (Phi) is 4.35. The highest BCUT2D eigenvalue weighted by Gasteiger charge is 2.11. The minimum Gasteiger partial charge on any atom is -0.477 e. The summed E-state index contributed by atoms with van der Waals surface area (Å²) in [6, 6.07) is 1.58. The first-order valence-corrected chi connectivity index (χ1v) is 5.50. The molecule has 1 N–H and O–H groups in total. The molecule has 0 fully saturated rings. The van der Waals surface area contributed by atoms with Crippen LogP contribution in [-0.4, -0.2) is 28.4 Å². The Bertz CT molecular complexity index is 346. The van der Waals surface area contributed by atoms with E-state index in [2.05, 4.69) is 15.9 Å². The van der Waals surface area contributed by atoms with Gasteiger partial charge in [-0.3, -0.25) is 0 Å². The first-order chi connectivity index (χ1) is 7.00. The minimum absolute atomic E-state index is 0.164. The molecule has 0 aliphatic rings. The molecule has 1 rings (SSSR count). The third-order valence-electron chi connectivity index (χ3n) is 1.87. The molecule has 0 bridgehead atoms. The van der Waals surface area contributed by atoms with Crippen molar-refractivity contribution >= 4 is 21.9 Å². The van der Waals surface area contributed by atoms with E-state index in [0.29, 0.717) is 13.2 Å². The van der Waals surface area contributed by atoms with Crippen LogP contribution >= 0.6 is 15.9 Å². The van der Waals surface area contributed by atoms with Gasteiger partial charge in [-0.05, 0) is 35.8 Å². The van der Waals surface area contributed by atoms with Crippen molar-refractivity contribution in [3.05, 3.63) is 22.4 Å². The number of rotatable bonds is 5. The summed E-state index contributed by atoms with van der Waals surface area (Å²) in [6.45, 7) is 4.96. The molecule has 0 saturated carbocycles. The SMILES string of the molecule is CC(C)OCCn1cc(Br)cc1C(=O)O. The van der Waals surface area contributed by atoms with Crippen molar-refractivity contribution in [3.8, 4) is 0 Å². The van der Waals surface area contributed by atoms with E-state index in [1.165, 1.54) is 0 Å². The van der Waals surface area contributed by atoms with Crippen LogP contribution in [0.4, 0.5) is 0 Å². The normalized spacial score (nSPS) is 10.9. The van der Waals surface area contributed by atoms with Crippen molar-refractivity contribution in [1.82, 2.24) is 4.57 Å². The van der Waals surface area contributed by atoms with Gasteiger partial charge < -0.3 is 14.4 Å². The maximum Gasteiger partial charge on any atom is 0.352 e. The van der Waals surface area contributed by atoms with E-state index in [1.807, 2.05) is 13.8 Å². The lowest BCUT2D eigenvalue weighted by atomic mass is 10.4. The molecule has 0 saturated heterocycles. The summed E-state index contributed by atoms with van der Waals surface area (Å²) in [4.78, 5) is 10.8. The third kappa shape index (κ3) is 3.68. The first kappa shape index (κ1) is 12.3. The highest BCUT2D eigenvalue weighted by molar-refractivity contribution is 9.10. The number of carboxylic acids is 1. The number of halogens is 1. The van der Waals surface area contributed by atoms with Gasteiger partial charge in [0.25, 0.3) is 0 Å². The van der Waals surface area contributed by atoms with Gasteiger partial charge in [0.1, 0.15) is 5.69 Å². The predicted molar refractivity (Wildman–Crippen MR) is 60.2 cm³/mol. The summed E-state index contributed by atoms with van der Waals surface area (Å²) >= 11 is 3.25. The van der Waals surface area contributed by atoms with Gasteiger partial charge in [-0.25, -0.2) is 4.79 Å². The second-order valence-corrected chi connectivity index (χ2v) is 4.38. The molecule has 15 heavy (non-hydrogen) atoms. The monoisotopic (exact) mass is 275 g/mol. The predicted octanol–water partition coefficient (Wildman–Crippen LogP) is 2.37. The molecule has 0 atom stereocenters. The fourth-order valence-electron chi connectivity index (χ4n) is 1.23. The van der Waals surface area contributed by atoms with Gasteiger partial charge in [-0.1, -0.05) is 0 Å². The van der Waals surface area contributed by atoms with Gasteiger partial charge in [0, 0.05) is 17.2 Å². The number of nitrogens with zero attached hydrogens (tertiary/aromatic N) is 1. The average Bonchev–Trinajstić information content (AvgIpc) is 2.46. The highest BCUT2D eigenvalue weighted by Crippen LogP contribution is 2.14. The second-order valence-electron chi connectivity index (χ2n) is 3.46. The fraction of sp³-hybridized carbons (Fsp3) is 0.500. The Morgan fingerprint density at radius 2 is 2.33 bits per heavy atom. The molecule has 0 aliphatic carbocycles. The fourth-order valence-corrected chi connectivity index (χ4v) is 1.69. The zero-order valence-corrected chi connectivity index (χ0v) is 10.3. The molecule has 0 amide bonds. The van der Waals surface area contributed by atoms with Gasteiger partial charge in [-0.2, -0.15) is 0 Å². The largest absolute Gasteiger partial charge is 0.477 e. The molecule has 5 heteroatoms. The van der Waals surface area contributed by atoms with Crippen LogP contribution in [0.5, 0.6) is 0 Å². The molecule has 0 unspecified atom stereocenters. The summed E-state index contributed by atoms with van der Waals surface area (Å²) in [5.74, 6) is -0.926. The molecule has 0 radical (unpaired) electrons.